The molecule has 160 valence electrons. The highest BCUT2D eigenvalue weighted by Crippen LogP contribution is 2.31. The Labute approximate surface area is 187 Å². The Hall–Kier alpha value is -4.05. The van der Waals surface area contributed by atoms with Gasteiger partial charge in [-0.15, -0.1) is 0 Å². The van der Waals surface area contributed by atoms with E-state index in [1.54, 1.807) is 17.7 Å². The average molecular weight is 446 g/mol. The van der Waals surface area contributed by atoms with Crippen molar-refractivity contribution in [3.63, 3.8) is 0 Å². The summed E-state index contributed by atoms with van der Waals surface area (Å²) in [6, 6.07) is 9.38. The van der Waals surface area contributed by atoms with Gasteiger partial charge >= 0.3 is 0 Å². The molecule has 2 N–H and O–H groups in total. The van der Waals surface area contributed by atoms with E-state index in [1.807, 2.05) is 59.5 Å². The highest BCUT2D eigenvalue weighted by Gasteiger charge is 2.20. The van der Waals surface area contributed by atoms with E-state index in [0.29, 0.717) is 39.9 Å². The Balaban J connectivity index is 1.63. The maximum atomic E-state index is 11.3. The van der Waals surface area contributed by atoms with Gasteiger partial charge in [0.25, 0.3) is 0 Å². The lowest BCUT2D eigenvalue weighted by Gasteiger charge is -2.10. The Morgan fingerprint density at radius 2 is 1.88 bits per heavy atom. The van der Waals surface area contributed by atoms with E-state index in [0.717, 1.165) is 16.9 Å². The van der Waals surface area contributed by atoms with Crippen LogP contribution in [0.5, 0.6) is 0 Å². The van der Waals surface area contributed by atoms with Crippen LogP contribution in [-0.4, -0.2) is 30.6 Å². The predicted octanol–water partition coefficient (Wildman–Crippen LogP) is 4.85. The summed E-state index contributed by atoms with van der Waals surface area (Å²) in [6.07, 6.45) is 1.74. The van der Waals surface area contributed by atoms with Crippen molar-refractivity contribution in [1.82, 2.24) is 24.7 Å². The minimum atomic E-state index is -0.119. The van der Waals surface area contributed by atoms with E-state index >= 15 is 0 Å². The Morgan fingerprint density at radius 1 is 1.09 bits per heavy atom. The average Bonchev–Trinajstić information content (AvgIpc) is 3.49. The third-order valence-corrected chi connectivity index (χ3v) is 5.58. The lowest BCUT2D eigenvalue weighted by molar-refractivity contribution is -0.114. The standard InChI is InChI=1S/C22H19N7O2S/c1-12-18(13(2)31-28-12)20-26-21(25-16-6-4-15(5-7-16)24-14(3)30)19-22(27-20)29(11-23-19)17-8-9-32-10-17/h4-11H,1-3H3,(H,24,30)(H,25,26,27). The molecule has 10 heteroatoms. The number of imidazole rings is 1. The van der Waals surface area contributed by atoms with Crippen molar-refractivity contribution in [2.75, 3.05) is 10.6 Å². The number of amides is 1. The van der Waals surface area contributed by atoms with E-state index in [2.05, 4.69) is 20.8 Å². The van der Waals surface area contributed by atoms with Gasteiger partial charge in [0.1, 0.15) is 12.1 Å². The van der Waals surface area contributed by atoms with E-state index < -0.39 is 0 Å². The third kappa shape index (κ3) is 3.60. The van der Waals surface area contributed by atoms with Crippen molar-refractivity contribution in [3.8, 4) is 17.1 Å². The molecule has 32 heavy (non-hydrogen) atoms. The van der Waals surface area contributed by atoms with Gasteiger partial charge in [0.05, 0.1) is 16.9 Å². The summed E-state index contributed by atoms with van der Waals surface area (Å²) in [5.74, 6) is 1.59. The highest BCUT2D eigenvalue weighted by atomic mass is 32.1. The summed E-state index contributed by atoms with van der Waals surface area (Å²) in [5, 5.41) is 14.2. The topological polar surface area (TPSA) is 111 Å². The normalized spacial score (nSPS) is 11.1. The SMILES string of the molecule is CC(=O)Nc1ccc(Nc2nc(-c3c(C)noc3C)nc3c2ncn3-c2ccsc2)cc1. The fourth-order valence-corrected chi connectivity index (χ4v) is 4.09. The second-order valence-corrected chi connectivity index (χ2v) is 8.03. The van der Waals surface area contributed by atoms with Crippen LogP contribution in [0.3, 0.4) is 0 Å². The molecule has 0 fully saturated rings. The zero-order valence-corrected chi connectivity index (χ0v) is 18.4. The first kappa shape index (κ1) is 19.9. The zero-order valence-electron chi connectivity index (χ0n) is 17.6. The molecule has 0 saturated heterocycles. The largest absolute Gasteiger partial charge is 0.361 e. The molecule has 0 spiro atoms. The second-order valence-electron chi connectivity index (χ2n) is 7.25. The van der Waals surface area contributed by atoms with Gasteiger partial charge < -0.3 is 15.2 Å². The predicted molar refractivity (Wildman–Crippen MR) is 124 cm³/mol. The Morgan fingerprint density at radius 3 is 2.53 bits per heavy atom. The van der Waals surface area contributed by atoms with E-state index in [4.69, 9.17) is 14.5 Å². The number of carbonyl (C=O) groups is 1. The van der Waals surface area contributed by atoms with Crippen LogP contribution in [0, 0.1) is 13.8 Å². The molecule has 0 radical (unpaired) electrons. The third-order valence-electron chi connectivity index (χ3n) is 4.91. The van der Waals surface area contributed by atoms with Crippen molar-refractivity contribution >= 4 is 45.6 Å². The van der Waals surface area contributed by atoms with Crippen LogP contribution in [0.1, 0.15) is 18.4 Å². The first-order chi connectivity index (χ1) is 15.5. The van der Waals surface area contributed by atoms with Gasteiger partial charge in [0.2, 0.25) is 5.91 Å². The van der Waals surface area contributed by atoms with Crippen LogP contribution in [0.15, 0.2) is 51.9 Å². The van der Waals surface area contributed by atoms with Gasteiger partial charge in [-0.05, 0) is 49.6 Å². The molecule has 4 aromatic heterocycles. The van der Waals surface area contributed by atoms with Crippen molar-refractivity contribution in [2.24, 2.45) is 0 Å². The van der Waals surface area contributed by atoms with Gasteiger partial charge in [0.15, 0.2) is 22.8 Å². The Bertz CT molecular complexity index is 1400. The number of hydrogen-bond acceptors (Lipinski definition) is 8. The lowest BCUT2D eigenvalue weighted by atomic mass is 10.2. The molecule has 0 saturated carbocycles. The zero-order chi connectivity index (χ0) is 22.2. The molecule has 9 nitrogen and oxygen atoms in total. The van der Waals surface area contributed by atoms with E-state index in [-0.39, 0.29) is 5.91 Å². The summed E-state index contributed by atoms with van der Waals surface area (Å²) in [7, 11) is 0. The van der Waals surface area contributed by atoms with Crippen molar-refractivity contribution in [2.45, 2.75) is 20.8 Å². The number of anilines is 3. The first-order valence-electron chi connectivity index (χ1n) is 9.85. The number of aryl methyl sites for hydroxylation is 2. The van der Waals surface area contributed by atoms with E-state index in [9.17, 15) is 4.79 Å². The lowest BCUT2D eigenvalue weighted by Crippen LogP contribution is -2.05. The van der Waals surface area contributed by atoms with Crippen LogP contribution < -0.4 is 10.6 Å². The molecule has 0 atom stereocenters. The number of nitrogens with one attached hydrogen (secondary N) is 2. The summed E-state index contributed by atoms with van der Waals surface area (Å²) >= 11 is 1.60. The maximum absolute atomic E-state index is 11.3. The molecule has 1 aromatic carbocycles. The number of aromatic nitrogens is 5. The molecule has 0 bridgehead atoms. The van der Waals surface area contributed by atoms with Crippen LogP contribution in [-0.2, 0) is 4.79 Å². The van der Waals surface area contributed by atoms with Crippen LogP contribution in [0.25, 0.3) is 28.2 Å². The quantitative estimate of drug-likeness (QED) is 0.398. The summed E-state index contributed by atoms with van der Waals surface area (Å²) in [4.78, 5) is 25.4. The highest BCUT2D eigenvalue weighted by molar-refractivity contribution is 7.08. The van der Waals surface area contributed by atoms with Crippen molar-refractivity contribution in [3.05, 3.63) is 58.9 Å². The number of thiophene rings is 1. The van der Waals surface area contributed by atoms with Crippen molar-refractivity contribution < 1.29 is 9.32 Å². The smallest absolute Gasteiger partial charge is 0.221 e. The molecular weight excluding hydrogens is 426 g/mol. The van der Waals surface area contributed by atoms with Gasteiger partial charge in [-0.1, -0.05) is 5.16 Å². The molecule has 4 heterocycles. The fraction of sp³-hybridized carbons (Fsp3) is 0.136. The van der Waals surface area contributed by atoms with Crippen molar-refractivity contribution in [1.29, 1.82) is 0 Å². The summed E-state index contributed by atoms with van der Waals surface area (Å²) < 4.78 is 7.27. The number of benzene rings is 1. The van der Waals surface area contributed by atoms with E-state index in [1.165, 1.54) is 6.92 Å². The number of rotatable bonds is 5. The Kier molecular flexibility index (Phi) is 4.91. The minimum absolute atomic E-state index is 0.119. The number of hydrogen-bond donors (Lipinski definition) is 2. The van der Waals surface area contributed by atoms with Crippen LogP contribution in [0.2, 0.25) is 0 Å². The molecule has 0 aliphatic rings. The van der Waals surface area contributed by atoms with Crippen LogP contribution >= 0.6 is 11.3 Å². The molecular formula is C22H19N7O2S. The van der Waals surface area contributed by atoms with Crippen LogP contribution in [0.4, 0.5) is 17.2 Å². The second kappa shape index (κ2) is 7.89. The minimum Gasteiger partial charge on any atom is -0.361 e. The van der Waals surface area contributed by atoms with Gasteiger partial charge in [0, 0.05) is 23.7 Å². The summed E-state index contributed by atoms with van der Waals surface area (Å²) in [6.45, 7) is 5.18. The van der Waals surface area contributed by atoms with Gasteiger partial charge in [-0.25, -0.2) is 15.0 Å². The fourth-order valence-electron chi connectivity index (χ4n) is 3.46. The molecule has 0 aliphatic carbocycles. The van der Waals surface area contributed by atoms with Gasteiger partial charge in [-0.2, -0.15) is 11.3 Å². The molecule has 0 unspecified atom stereocenters. The molecule has 0 aliphatic heterocycles. The number of nitrogens with zero attached hydrogens (tertiary/aromatic N) is 5. The maximum Gasteiger partial charge on any atom is 0.221 e. The van der Waals surface area contributed by atoms with Gasteiger partial charge in [-0.3, -0.25) is 9.36 Å². The molecule has 1 amide bonds. The summed E-state index contributed by atoms with van der Waals surface area (Å²) in [5.41, 5.74) is 5.28. The number of fused-ring (bicyclic) bond motifs is 1. The first-order valence-corrected chi connectivity index (χ1v) is 10.8. The molecule has 5 rings (SSSR count). The molecule has 5 aromatic rings. The number of carbonyl (C=O) groups excluding carboxylic acids is 1. The monoisotopic (exact) mass is 445 g/mol.